The average molecular weight is 481 g/mol. The third kappa shape index (κ3) is 4.73. The summed E-state index contributed by atoms with van der Waals surface area (Å²) in [6.07, 6.45) is 0. The van der Waals surface area contributed by atoms with E-state index in [1.807, 2.05) is 99.6 Å². The number of rotatable bonds is 7. The Hall–Kier alpha value is -4.39. The summed E-state index contributed by atoms with van der Waals surface area (Å²) in [6.45, 7) is 6.93. The zero-order chi connectivity index (χ0) is 25.1. The number of hydrogen-bond acceptors (Lipinski definition) is 5. The first-order valence-corrected chi connectivity index (χ1v) is 12.0. The molecule has 0 saturated heterocycles. The Bertz CT molecular complexity index is 1380. The van der Waals surface area contributed by atoms with Gasteiger partial charge in [-0.3, -0.25) is 4.90 Å². The van der Waals surface area contributed by atoms with Gasteiger partial charge in [0.15, 0.2) is 0 Å². The molecule has 2 heterocycles. The molecule has 36 heavy (non-hydrogen) atoms. The zero-order valence-corrected chi connectivity index (χ0v) is 20.6. The second-order valence-corrected chi connectivity index (χ2v) is 8.74. The van der Waals surface area contributed by atoms with Crippen molar-refractivity contribution in [1.29, 1.82) is 0 Å². The quantitative estimate of drug-likeness (QED) is 0.344. The molecule has 7 heteroatoms. The van der Waals surface area contributed by atoms with Gasteiger partial charge >= 0.3 is 6.03 Å². The van der Waals surface area contributed by atoms with E-state index < -0.39 is 6.04 Å². The number of allylic oxidation sites excluding steroid dienone is 1. The lowest BCUT2D eigenvalue weighted by Crippen LogP contribution is -2.45. The minimum absolute atomic E-state index is 0.182. The largest absolute Gasteiger partial charge is 0.494 e. The highest BCUT2D eigenvalue weighted by Crippen LogP contribution is 2.38. The summed E-state index contributed by atoms with van der Waals surface area (Å²) in [5.41, 5.74) is 5.49. The number of aryl methyl sites for hydroxylation is 1. The summed E-state index contributed by atoms with van der Waals surface area (Å²) in [4.78, 5) is 19.8. The van der Waals surface area contributed by atoms with Crippen LogP contribution in [0.3, 0.4) is 0 Å². The van der Waals surface area contributed by atoms with Crippen LogP contribution in [0.1, 0.15) is 42.5 Å². The van der Waals surface area contributed by atoms with Gasteiger partial charge in [0.1, 0.15) is 5.75 Å². The number of carbonyl (C=O) groups excluding carboxylic acids is 1. The van der Waals surface area contributed by atoms with Gasteiger partial charge in [0.25, 0.3) is 5.89 Å². The van der Waals surface area contributed by atoms with Crippen molar-refractivity contribution >= 4 is 11.6 Å². The molecular formula is C29H28N4O3. The summed E-state index contributed by atoms with van der Waals surface area (Å²) < 4.78 is 11.4. The van der Waals surface area contributed by atoms with Crippen LogP contribution in [0.25, 0.3) is 17.0 Å². The summed E-state index contributed by atoms with van der Waals surface area (Å²) >= 11 is 0. The van der Waals surface area contributed by atoms with Gasteiger partial charge < -0.3 is 14.6 Å². The fourth-order valence-electron chi connectivity index (χ4n) is 4.34. The van der Waals surface area contributed by atoms with Crippen molar-refractivity contribution in [2.75, 3.05) is 6.61 Å². The van der Waals surface area contributed by atoms with Crippen molar-refractivity contribution < 1.29 is 14.1 Å². The number of hydrogen-bond donors (Lipinski definition) is 1. The Morgan fingerprint density at radius 3 is 2.39 bits per heavy atom. The van der Waals surface area contributed by atoms with E-state index in [-0.39, 0.29) is 6.03 Å². The highest BCUT2D eigenvalue weighted by molar-refractivity contribution is 5.87. The van der Waals surface area contributed by atoms with Crippen LogP contribution in [0.2, 0.25) is 0 Å². The molecular weight excluding hydrogens is 452 g/mol. The van der Waals surface area contributed by atoms with Crippen LogP contribution >= 0.6 is 0 Å². The smallest absolute Gasteiger partial charge is 0.322 e. The molecule has 0 aliphatic carbocycles. The van der Waals surface area contributed by atoms with Gasteiger partial charge in [-0.05, 0) is 44.0 Å². The number of benzene rings is 3. The number of nitrogens with zero attached hydrogens (tertiary/aromatic N) is 3. The van der Waals surface area contributed by atoms with Gasteiger partial charge in [0.05, 0.1) is 24.8 Å². The molecule has 7 nitrogen and oxygen atoms in total. The van der Waals surface area contributed by atoms with E-state index in [1.54, 1.807) is 4.90 Å². The number of nitrogens with one attached hydrogen (secondary N) is 1. The van der Waals surface area contributed by atoms with Gasteiger partial charge in [-0.15, -0.1) is 0 Å². The molecule has 0 spiro atoms. The normalized spacial score (nSPS) is 15.7. The van der Waals surface area contributed by atoms with E-state index in [1.165, 1.54) is 5.56 Å². The molecule has 1 aliphatic rings. The van der Waals surface area contributed by atoms with E-state index in [4.69, 9.17) is 14.2 Å². The Labute approximate surface area is 210 Å². The number of carbonyl (C=O) groups is 1. The van der Waals surface area contributed by atoms with Gasteiger partial charge in [-0.25, -0.2) is 4.79 Å². The maximum atomic E-state index is 13.3. The van der Waals surface area contributed by atoms with E-state index >= 15 is 0 Å². The molecule has 3 aromatic carbocycles. The molecule has 0 fully saturated rings. The second kappa shape index (κ2) is 10.1. The Balaban J connectivity index is 1.57. The summed E-state index contributed by atoms with van der Waals surface area (Å²) in [5.74, 6) is 1.65. The number of ether oxygens (including phenoxy) is 1. The van der Waals surface area contributed by atoms with Crippen molar-refractivity contribution in [2.45, 2.75) is 33.4 Å². The predicted octanol–water partition coefficient (Wildman–Crippen LogP) is 6.14. The molecule has 5 rings (SSSR count). The van der Waals surface area contributed by atoms with Gasteiger partial charge in [0, 0.05) is 11.3 Å². The molecule has 1 aromatic heterocycles. The second-order valence-electron chi connectivity index (χ2n) is 8.74. The van der Waals surface area contributed by atoms with Crippen LogP contribution in [0.4, 0.5) is 4.79 Å². The number of aromatic nitrogens is 2. The lowest BCUT2D eigenvalue weighted by molar-refractivity contribution is 0.203. The van der Waals surface area contributed by atoms with Crippen molar-refractivity contribution in [1.82, 2.24) is 20.4 Å². The van der Waals surface area contributed by atoms with E-state index in [2.05, 4.69) is 10.5 Å². The summed E-state index contributed by atoms with van der Waals surface area (Å²) in [5, 5.41) is 7.38. The topological polar surface area (TPSA) is 80.5 Å². The molecule has 4 aromatic rings. The fourth-order valence-corrected chi connectivity index (χ4v) is 4.34. The van der Waals surface area contributed by atoms with Crippen molar-refractivity contribution in [3.8, 4) is 17.1 Å². The lowest BCUT2D eigenvalue weighted by Gasteiger charge is -2.35. The summed E-state index contributed by atoms with van der Waals surface area (Å²) in [7, 11) is 0. The monoisotopic (exact) mass is 480 g/mol. The third-order valence-electron chi connectivity index (χ3n) is 6.27. The maximum absolute atomic E-state index is 13.3. The molecule has 1 aliphatic heterocycles. The molecule has 1 N–H and O–H groups in total. The van der Waals surface area contributed by atoms with Gasteiger partial charge in [0.2, 0.25) is 5.82 Å². The minimum Gasteiger partial charge on any atom is -0.494 e. The van der Waals surface area contributed by atoms with E-state index in [0.717, 1.165) is 33.7 Å². The zero-order valence-electron chi connectivity index (χ0n) is 20.6. The lowest BCUT2D eigenvalue weighted by atomic mass is 9.94. The Kier molecular flexibility index (Phi) is 6.54. The van der Waals surface area contributed by atoms with E-state index in [9.17, 15) is 4.79 Å². The standard InChI is InChI=1S/C29H28N4O3/c1-4-35-24-16-14-22(15-17-24)26-25(28-31-27(32-36-28)23-8-6-5-7-9-23)20(3)33(29(34)30-26)18-21-12-10-19(2)11-13-21/h5-17,26H,4,18H2,1-3H3,(H,30,34). The van der Waals surface area contributed by atoms with Crippen molar-refractivity contribution in [2.24, 2.45) is 0 Å². The van der Waals surface area contributed by atoms with Crippen molar-refractivity contribution in [3.05, 3.63) is 107 Å². The molecule has 182 valence electrons. The highest BCUT2D eigenvalue weighted by Gasteiger charge is 2.35. The van der Waals surface area contributed by atoms with Crippen LogP contribution < -0.4 is 10.1 Å². The Morgan fingerprint density at radius 1 is 0.972 bits per heavy atom. The maximum Gasteiger partial charge on any atom is 0.322 e. The van der Waals surface area contributed by atoms with Crippen LogP contribution in [0.5, 0.6) is 5.75 Å². The SMILES string of the molecule is CCOc1ccc(C2NC(=O)N(Cc3ccc(C)cc3)C(C)=C2c2nc(-c3ccccc3)no2)cc1. The van der Waals surface area contributed by atoms with Crippen LogP contribution in [-0.4, -0.2) is 27.7 Å². The number of urea groups is 1. The molecule has 1 atom stereocenters. The minimum atomic E-state index is -0.452. The van der Waals surface area contributed by atoms with Crippen LogP contribution in [-0.2, 0) is 6.54 Å². The number of amides is 2. The van der Waals surface area contributed by atoms with E-state index in [0.29, 0.717) is 24.9 Å². The molecule has 0 saturated carbocycles. The van der Waals surface area contributed by atoms with Gasteiger partial charge in [-0.2, -0.15) is 4.98 Å². The first kappa shape index (κ1) is 23.4. The fraction of sp³-hybridized carbons (Fsp3) is 0.207. The first-order chi connectivity index (χ1) is 17.5. The summed E-state index contributed by atoms with van der Waals surface area (Å²) in [6, 6.07) is 24.9. The van der Waals surface area contributed by atoms with Crippen molar-refractivity contribution in [3.63, 3.8) is 0 Å². The first-order valence-electron chi connectivity index (χ1n) is 12.0. The third-order valence-corrected chi connectivity index (χ3v) is 6.27. The average Bonchev–Trinajstić information content (AvgIpc) is 3.38. The molecule has 1 unspecified atom stereocenters. The molecule has 0 bridgehead atoms. The van der Waals surface area contributed by atoms with Gasteiger partial charge in [-0.1, -0.05) is 77.5 Å². The molecule has 0 radical (unpaired) electrons. The predicted molar refractivity (Wildman–Crippen MR) is 138 cm³/mol. The Morgan fingerprint density at radius 2 is 1.69 bits per heavy atom. The molecule has 2 amide bonds. The highest BCUT2D eigenvalue weighted by atomic mass is 16.5. The van der Waals surface area contributed by atoms with Crippen LogP contribution in [0.15, 0.2) is 89.1 Å². The van der Waals surface area contributed by atoms with Crippen LogP contribution in [0, 0.1) is 6.92 Å².